The van der Waals surface area contributed by atoms with Crippen molar-refractivity contribution in [1.29, 1.82) is 0 Å². The molecule has 2 aromatic rings. The highest BCUT2D eigenvalue weighted by molar-refractivity contribution is 5.75. The molecule has 4 nitrogen and oxygen atoms in total. The van der Waals surface area contributed by atoms with Gasteiger partial charge >= 0.3 is 0 Å². The van der Waals surface area contributed by atoms with Crippen LogP contribution in [-0.2, 0) is 7.05 Å². The van der Waals surface area contributed by atoms with E-state index < -0.39 is 0 Å². The standard InChI is InChI=1S/C10H13N3O/c1-6(2)10-9(14)4-7-8(11-10)5-13(3)12-7/h4-6,14H,1-3H3. The summed E-state index contributed by atoms with van der Waals surface area (Å²) in [5.41, 5.74) is 2.29. The number of hydrogen-bond donors (Lipinski definition) is 1. The molecule has 74 valence electrons. The van der Waals surface area contributed by atoms with Gasteiger partial charge < -0.3 is 5.11 Å². The molecule has 0 aliphatic carbocycles. The summed E-state index contributed by atoms with van der Waals surface area (Å²) in [5, 5.41) is 13.8. The Morgan fingerprint density at radius 3 is 2.71 bits per heavy atom. The van der Waals surface area contributed by atoms with Crippen LogP contribution in [0.5, 0.6) is 5.75 Å². The summed E-state index contributed by atoms with van der Waals surface area (Å²) in [4.78, 5) is 4.36. The number of fused-ring (bicyclic) bond motifs is 1. The van der Waals surface area contributed by atoms with Gasteiger partial charge in [-0.05, 0) is 5.92 Å². The lowest BCUT2D eigenvalue weighted by Gasteiger charge is -2.05. The van der Waals surface area contributed by atoms with Gasteiger partial charge in [0, 0.05) is 13.1 Å². The highest BCUT2D eigenvalue weighted by atomic mass is 16.3. The first-order chi connectivity index (χ1) is 6.58. The molecule has 0 amide bonds. The number of aromatic hydroxyl groups is 1. The molecular weight excluding hydrogens is 178 g/mol. The second-order valence-electron chi connectivity index (χ2n) is 3.75. The molecule has 0 aliphatic rings. The highest BCUT2D eigenvalue weighted by Gasteiger charge is 2.10. The van der Waals surface area contributed by atoms with Crippen LogP contribution in [0, 0.1) is 0 Å². The zero-order valence-electron chi connectivity index (χ0n) is 8.52. The first kappa shape index (κ1) is 8.99. The van der Waals surface area contributed by atoms with Crippen LogP contribution in [0.15, 0.2) is 12.3 Å². The van der Waals surface area contributed by atoms with Crippen molar-refractivity contribution in [3.8, 4) is 5.75 Å². The van der Waals surface area contributed by atoms with Crippen LogP contribution in [0.3, 0.4) is 0 Å². The Hall–Kier alpha value is -1.58. The zero-order chi connectivity index (χ0) is 10.3. The maximum absolute atomic E-state index is 9.68. The van der Waals surface area contributed by atoms with Gasteiger partial charge in [0.1, 0.15) is 16.8 Å². The van der Waals surface area contributed by atoms with E-state index in [1.807, 2.05) is 27.1 Å². The lowest BCUT2D eigenvalue weighted by molar-refractivity contribution is 0.461. The van der Waals surface area contributed by atoms with Gasteiger partial charge in [-0.3, -0.25) is 4.68 Å². The molecule has 0 spiro atoms. The van der Waals surface area contributed by atoms with E-state index in [1.165, 1.54) is 0 Å². The van der Waals surface area contributed by atoms with E-state index in [0.717, 1.165) is 16.7 Å². The average molecular weight is 191 g/mol. The molecule has 0 atom stereocenters. The zero-order valence-corrected chi connectivity index (χ0v) is 8.52. The Kier molecular flexibility index (Phi) is 1.91. The Morgan fingerprint density at radius 1 is 1.36 bits per heavy atom. The van der Waals surface area contributed by atoms with Gasteiger partial charge in [0.15, 0.2) is 0 Å². The van der Waals surface area contributed by atoms with Crippen molar-refractivity contribution >= 4 is 11.0 Å². The minimum Gasteiger partial charge on any atom is -0.506 e. The summed E-state index contributed by atoms with van der Waals surface area (Å²) < 4.78 is 1.70. The summed E-state index contributed by atoms with van der Waals surface area (Å²) in [5.74, 6) is 0.450. The maximum Gasteiger partial charge on any atom is 0.139 e. The van der Waals surface area contributed by atoms with E-state index in [9.17, 15) is 5.11 Å². The van der Waals surface area contributed by atoms with Gasteiger partial charge in [-0.2, -0.15) is 5.10 Å². The normalized spacial score (nSPS) is 11.4. The Bertz CT molecular complexity index is 473. The lowest BCUT2D eigenvalue weighted by atomic mass is 10.1. The van der Waals surface area contributed by atoms with Crippen LogP contribution in [-0.4, -0.2) is 19.9 Å². The monoisotopic (exact) mass is 191 g/mol. The third kappa shape index (κ3) is 1.32. The first-order valence-electron chi connectivity index (χ1n) is 4.61. The van der Waals surface area contributed by atoms with Gasteiger partial charge in [-0.15, -0.1) is 0 Å². The van der Waals surface area contributed by atoms with Gasteiger partial charge in [0.05, 0.1) is 11.9 Å². The Labute approximate surface area is 82.2 Å². The topological polar surface area (TPSA) is 50.9 Å². The SMILES string of the molecule is CC(C)c1nc2cn(C)nc2cc1O. The molecule has 0 aromatic carbocycles. The second-order valence-corrected chi connectivity index (χ2v) is 3.75. The van der Waals surface area contributed by atoms with E-state index >= 15 is 0 Å². The molecule has 2 aromatic heterocycles. The summed E-state index contributed by atoms with van der Waals surface area (Å²) >= 11 is 0. The summed E-state index contributed by atoms with van der Waals surface area (Å²) in [6.07, 6.45) is 1.85. The number of nitrogens with zero attached hydrogens (tertiary/aromatic N) is 3. The minimum atomic E-state index is 0.222. The van der Waals surface area contributed by atoms with E-state index in [0.29, 0.717) is 0 Å². The average Bonchev–Trinajstić information content (AvgIpc) is 2.42. The van der Waals surface area contributed by atoms with Crippen LogP contribution in [0.2, 0.25) is 0 Å². The fourth-order valence-electron chi connectivity index (χ4n) is 1.50. The number of rotatable bonds is 1. The van der Waals surface area contributed by atoms with Crippen molar-refractivity contribution in [1.82, 2.24) is 14.8 Å². The van der Waals surface area contributed by atoms with Crippen LogP contribution in [0.1, 0.15) is 25.5 Å². The van der Waals surface area contributed by atoms with Crippen LogP contribution < -0.4 is 0 Å². The molecule has 0 unspecified atom stereocenters. The highest BCUT2D eigenvalue weighted by Crippen LogP contribution is 2.26. The van der Waals surface area contributed by atoms with Crippen molar-refractivity contribution in [2.45, 2.75) is 19.8 Å². The van der Waals surface area contributed by atoms with E-state index in [4.69, 9.17) is 0 Å². The predicted molar refractivity (Wildman–Crippen MR) is 54.3 cm³/mol. The molecule has 2 heterocycles. The van der Waals surface area contributed by atoms with E-state index in [1.54, 1.807) is 10.7 Å². The van der Waals surface area contributed by atoms with Crippen molar-refractivity contribution in [3.63, 3.8) is 0 Å². The third-order valence-corrected chi connectivity index (χ3v) is 2.16. The molecule has 4 heteroatoms. The quantitative estimate of drug-likeness (QED) is 0.747. The fraction of sp³-hybridized carbons (Fsp3) is 0.400. The summed E-state index contributed by atoms with van der Waals surface area (Å²) in [6, 6.07) is 1.66. The van der Waals surface area contributed by atoms with Gasteiger partial charge in [0.25, 0.3) is 0 Å². The first-order valence-corrected chi connectivity index (χ1v) is 4.61. The predicted octanol–water partition coefficient (Wildman–Crippen LogP) is 1.80. The van der Waals surface area contributed by atoms with Gasteiger partial charge in [-0.1, -0.05) is 13.8 Å². The molecule has 14 heavy (non-hydrogen) atoms. The number of hydrogen-bond acceptors (Lipinski definition) is 3. The molecule has 2 rings (SSSR count). The summed E-state index contributed by atoms with van der Waals surface area (Å²) in [6.45, 7) is 4.01. The molecule has 0 saturated heterocycles. The lowest BCUT2D eigenvalue weighted by Crippen LogP contribution is -1.92. The second kappa shape index (κ2) is 2.97. The van der Waals surface area contributed by atoms with Crippen LogP contribution >= 0.6 is 0 Å². The number of aromatic nitrogens is 3. The van der Waals surface area contributed by atoms with Crippen LogP contribution in [0.4, 0.5) is 0 Å². The Morgan fingerprint density at radius 2 is 2.07 bits per heavy atom. The largest absolute Gasteiger partial charge is 0.506 e. The Balaban J connectivity index is 2.70. The van der Waals surface area contributed by atoms with Crippen LogP contribution in [0.25, 0.3) is 11.0 Å². The molecule has 1 N–H and O–H groups in total. The van der Waals surface area contributed by atoms with Crippen molar-refractivity contribution in [3.05, 3.63) is 18.0 Å². The van der Waals surface area contributed by atoms with Gasteiger partial charge in [0.2, 0.25) is 0 Å². The van der Waals surface area contributed by atoms with Gasteiger partial charge in [-0.25, -0.2) is 4.98 Å². The van der Waals surface area contributed by atoms with Crippen molar-refractivity contribution in [2.24, 2.45) is 7.05 Å². The molecular formula is C10H13N3O. The molecule has 0 aliphatic heterocycles. The van der Waals surface area contributed by atoms with E-state index in [2.05, 4.69) is 10.1 Å². The van der Waals surface area contributed by atoms with Crippen molar-refractivity contribution in [2.75, 3.05) is 0 Å². The molecule has 0 radical (unpaired) electrons. The number of aryl methyl sites for hydroxylation is 1. The fourth-order valence-corrected chi connectivity index (χ4v) is 1.50. The van der Waals surface area contributed by atoms with Crippen molar-refractivity contribution < 1.29 is 5.11 Å². The molecule has 0 fully saturated rings. The minimum absolute atomic E-state index is 0.222. The summed E-state index contributed by atoms with van der Waals surface area (Å²) in [7, 11) is 1.84. The smallest absolute Gasteiger partial charge is 0.139 e. The maximum atomic E-state index is 9.68. The third-order valence-electron chi connectivity index (χ3n) is 2.16. The van der Waals surface area contributed by atoms with E-state index in [-0.39, 0.29) is 11.7 Å². The number of pyridine rings is 1. The molecule has 0 saturated carbocycles. The molecule has 0 bridgehead atoms.